The Labute approximate surface area is 141 Å². The zero-order valence-electron chi connectivity index (χ0n) is 11.6. The van der Waals surface area contributed by atoms with Gasteiger partial charge >= 0.3 is 0 Å². The Bertz CT molecular complexity index is 606. The van der Waals surface area contributed by atoms with E-state index in [1.807, 2.05) is 30.3 Å². The first kappa shape index (κ1) is 15.3. The SMILES string of the molecule is Brc1ccc(-c2ccc(CNC[C@@H]3CCCO3)o2)c(Br)c1. The Kier molecular flexibility index (Phi) is 5.16. The first-order chi connectivity index (χ1) is 10.2. The molecule has 112 valence electrons. The molecular weight excluding hydrogens is 398 g/mol. The molecule has 3 nitrogen and oxygen atoms in total. The van der Waals surface area contributed by atoms with E-state index in [4.69, 9.17) is 9.15 Å². The fourth-order valence-corrected chi connectivity index (χ4v) is 3.71. The van der Waals surface area contributed by atoms with Crippen LogP contribution in [0.15, 0.2) is 43.7 Å². The summed E-state index contributed by atoms with van der Waals surface area (Å²) >= 11 is 7.03. The first-order valence-corrected chi connectivity index (χ1v) is 8.67. The third-order valence-corrected chi connectivity index (χ3v) is 4.70. The van der Waals surface area contributed by atoms with E-state index >= 15 is 0 Å². The molecule has 1 aromatic heterocycles. The van der Waals surface area contributed by atoms with Crippen molar-refractivity contribution < 1.29 is 9.15 Å². The Morgan fingerprint density at radius 3 is 2.86 bits per heavy atom. The van der Waals surface area contributed by atoms with Gasteiger partial charge in [-0.2, -0.15) is 0 Å². The van der Waals surface area contributed by atoms with Crippen molar-refractivity contribution in [2.75, 3.05) is 13.2 Å². The van der Waals surface area contributed by atoms with Gasteiger partial charge in [-0.3, -0.25) is 0 Å². The predicted octanol–water partition coefficient (Wildman–Crippen LogP) is 4.74. The van der Waals surface area contributed by atoms with Crippen LogP contribution in [-0.2, 0) is 11.3 Å². The summed E-state index contributed by atoms with van der Waals surface area (Å²) in [5.74, 6) is 1.82. The molecule has 21 heavy (non-hydrogen) atoms. The summed E-state index contributed by atoms with van der Waals surface area (Å²) in [6.45, 7) is 2.51. The largest absolute Gasteiger partial charge is 0.460 e. The molecule has 1 aliphatic heterocycles. The molecule has 3 rings (SSSR count). The van der Waals surface area contributed by atoms with Gasteiger partial charge in [0.2, 0.25) is 0 Å². The lowest BCUT2D eigenvalue weighted by atomic mass is 10.2. The van der Waals surface area contributed by atoms with Crippen LogP contribution in [0.3, 0.4) is 0 Å². The molecule has 0 unspecified atom stereocenters. The van der Waals surface area contributed by atoms with E-state index in [9.17, 15) is 0 Å². The van der Waals surface area contributed by atoms with Gasteiger partial charge in [0, 0.05) is 27.7 Å². The molecule has 0 spiro atoms. The topological polar surface area (TPSA) is 34.4 Å². The molecule has 5 heteroatoms. The second-order valence-electron chi connectivity index (χ2n) is 5.16. The van der Waals surface area contributed by atoms with E-state index in [0.717, 1.165) is 52.1 Å². The molecule has 0 bridgehead atoms. The van der Waals surface area contributed by atoms with E-state index in [0.29, 0.717) is 6.10 Å². The molecule has 1 aliphatic rings. The van der Waals surface area contributed by atoms with E-state index in [2.05, 4.69) is 37.2 Å². The van der Waals surface area contributed by atoms with Crippen LogP contribution >= 0.6 is 31.9 Å². The van der Waals surface area contributed by atoms with Gasteiger partial charge in [-0.15, -0.1) is 0 Å². The summed E-state index contributed by atoms with van der Waals surface area (Å²) in [6.07, 6.45) is 2.69. The Morgan fingerprint density at radius 2 is 2.10 bits per heavy atom. The third-order valence-electron chi connectivity index (χ3n) is 3.55. The highest BCUT2D eigenvalue weighted by Crippen LogP contribution is 2.31. The van der Waals surface area contributed by atoms with Crippen LogP contribution in [0.4, 0.5) is 0 Å². The minimum Gasteiger partial charge on any atom is -0.460 e. The highest BCUT2D eigenvalue weighted by atomic mass is 79.9. The van der Waals surface area contributed by atoms with Crippen LogP contribution in [0, 0.1) is 0 Å². The van der Waals surface area contributed by atoms with E-state index in [-0.39, 0.29) is 0 Å². The van der Waals surface area contributed by atoms with Gasteiger partial charge in [-0.25, -0.2) is 0 Å². The number of benzene rings is 1. The lowest BCUT2D eigenvalue weighted by Crippen LogP contribution is -2.25. The maximum Gasteiger partial charge on any atom is 0.135 e. The number of halogens is 2. The normalized spacial score (nSPS) is 18.3. The Balaban J connectivity index is 1.60. The van der Waals surface area contributed by atoms with E-state index in [1.165, 1.54) is 6.42 Å². The monoisotopic (exact) mass is 413 g/mol. The molecule has 2 heterocycles. The van der Waals surface area contributed by atoms with Crippen LogP contribution in [0.5, 0.6) is 0 Å². The highest BCUT2D eigenvalue weighted by Gasteiger charge is 2.15. The van der Waals surface area contributed by atoms with Crippen LogP contribution in [-0.4, -0.2) is 19.3 Å². The number of furan rings is 1. The average molecular weight is 415 g/mol. The highest BCUT2D eigenvalue weighted by molar-refractivity contribution is 9.11. The molecule has 1 atom stereocenters. The van der Waals surface area contributed by atoms with Crippen molar-refractivity contribution in [3.63, 3.8) is 0 Å². The molecule has 0 amide bonds. The second-order valence-corrected chi connectivity index (χ2v) is 6.93. The fraction of sp³-hybridized carbons (Fsp3) is 0.375. The minimum absolute atomic E-state index is 0.361. The standard InChI is InChI=1S/C16H17Br2NO2/c17-11-3-5-14(15(18)8-11)16-6-4-13(21-16)10-19-9-12-2-1-7-20-12/h3-6,8,12,19H,1-2,7,9-10H2/t12-/m0/s1. The number of nitrogens with one attached hydrogen (secondary N) is 1. The molecule has 0 saturated carbocycles. The van der Waals surface area contributed by atoms with Gasteiger partial charge in [0.05, 0.1) is 12.6 Å². The van der Waals surface area contributed by atoms with Gasteiger partial charge < -0.3 is 14.5 Å². The van der Waals surface area contributed by atoms with Crippen LogP contribution < -0.4 is 5.32 Å². The molecule has 0 aliphatic carbocycles. The summed E-state index contributed by atoms with van der Waals surface area (Å²) in [7, 11) is 0. The van der Waals surface area contributed by atoms with Crippen LogP contribution in [0.2, 0.25) is 0 Å². The number of ether oxygens (including phenoxy) is 1. The second kappa shape index (κ2) is 7.09. The van der Waals surface area contributed by atoms with Gasteiger partial charge in [0.15, 0.2) is 0 Å². The van der Waals surface area contributed by atoms with Crippen molar-refractivity contribution >= 4 is 31.9 Å². The van der Waals surface area contributed by atoms with Gasteiger partial charge in [-0.1, -0.05) is 15.9 Å². The van der Waals surface area contributed by atoms with Gasteiger partial charge in [0.1, 0.15) is 11.5 Å². The van der Waals surface area contributed by atoms with Crippen molar-refractivity contribution in [1.29, 1.82) is 0 Å². The first-order valence-electron chi connectivity index (χ1n) is 7.09. The molecule has 1 N–H and O–H groups in total. The average Bonchev–Trinajstić information content (AvgIpc) is 3.10. The zero-order valence-corrected chi connectivity index (χ0v) is 14.7. The number of hydrogen-bond donors (Lipinski definition) is 1. The summed E-state index contributed by atoms with van der Waals surface area (Å²) in [4.78, 5) is 0. The smallest absolute Gasteiger partial charge is 0.135 e. The summed E-state index contributed by atoms with van der Waals surface area (Å²) in [5.41, 5.74) is 1.06. The lowest BCUT2D eigenvalue weighted by Gasteiger charge is -2.09. The van der Waals surface area contributed by atoms with E-state index in [1.54, 1.807) is 0 Å². The predicted molar refractivity (Wildman–Crippen MR) is 90.2 cm³/mol. The summed E-state index contributed by atoms with van der Waals surface area (Å²) in [6, 6.07) is 10.1. The molecule has 1 aromatic carbocycles. The summed E-state index contributed by atoms with van der Waals surface area (Å²) < 4.78 is 13.6. The van der Waals surface area contributed by atoms with Crippen molar-refractivity contribution in [2.45, 2.75) is 25.5 Å². The van der Waals surface area contributed by atoms with Gasteiger partial charge in [-0.05, 0) is 59.1 Å². The van der Waals surface area contributed by atoms with Crippen molar-refractivity contribution in [2.24, 2.45) is 0 Å². The third kappa shape index (κ3) is 3.97. The molecule has 0 radical (unpaired) electrons. The number of hydrogen-bond acceptors (Lipinski definition) is 3. The fourth-order valence-electron chi connectivity index (χ4n) is 2.47. The van der Waals surface area contributed by atoms with Gasteiger partial charge in [0.25, 0.3) is 0 Å². The van der Waals surface area contributed by atoms with Crippen LogP contribution in [0.1, 0.15) is 18.6 Å². The minimum atomic E-state index is 0.361. The molecular formula is C16H17Br2NO2. The summed E-state index contributed by atoms with van der Waals surface area (Å²) in [5, 5.41) is 3.39. The van der Waals surface area contributed by atoms with E-state index < -0.39 is 0 Å². The molecule has 2 aromatic rings. The lowest BCUT2D eigenvalue weighted by molar-refractivity contribution is 0.109. The van der Waals surface area contributed by atoms with Crippen LogP contribution in [0.25, 0.3) is 11.3 Å². The quantitative estimate of drug-likeness (QED) is 0.767. The van der Waals surface area contributed by atoms with Crippen molar-refractivity contribution in [1.82, 2.24) is 5.32 Å². The Hall–Kier alpha value is -0.620. The molecule has 1 saturated heterocycles. The molecule has 1 fully saturated rings. The Morgan fingerprint density at radius 1 is 1.19 bits per heavy atom. The zero-order chi connectivity index (χ0) is 14.7. The van der Waals surface area contributed by atoms with Crippen molar-refractivity contribution in [3.8, 4) is 11.3 Å². The number of rotatable bonds is 5. The maximum absolute atomic E-state index is 5.91. The maximum atomic E-state index is 5.91. The van der Waals surface area contributed by atoms with Crippen molar-refractivity contribution in [3.05, 3.63) is 45.0 Å².